The predicted octanol–water partition coefficient (Wildman–Crippen LogP) is 5.51. The maximum Gasteiger partial charge on any atom is 0.107 e. The SMILES string of the molecule is CC(C)c1ccc(C2CC(c3cccs3)N=N2)cc1. The van der Waals surface area contributed by atoms with E-state index >= 15 is 0 Å². The molecule has 2 aromatic rings. The summed E-state index contributed by atoms with van der Waals surface area (Å²) in [4.78, 5) is 1.32. The van der Waals surface area contributed by atoms with Gasteiger partial charge in [-0.1, -0.05) is 44.2 Å². The summed E-state index contributed by atoms with van der Waals surface area (Å²) in [5, 5.41) is 11.0. The minimum Gasteiger partial charge on any atom is -0.185 e. The molecule has 0 saturated heterocycles. The fourth-order valence-electron chi connectivity index (χ4n) is 2.43. The maximum atomic E-state index is 4.45. The molecule has 0 radical (unpaired) electrons. The number of rotatable bonds is 3. The van der Waals surface area contributed by atoms with E-state index in [0.717, 1.165) is 6.42 Å². The molecular formula is C16H18N2S. The van der Waals surface area contributed by atoms with Gasteiger partial charge in [0.15, 0.2) is 0 Å². The van der Waals surface area contributed by atoms with Crippen LogP contribution < -0.4 is 0 Å². The highest BCUT2D eigenvalue weighted by Crippen LogP contribution is 2.40. The average molecular weight is 270 g/mol. The van der Waals surface area contributed by atoms with Crippen LogP contribution in [-0.2, 0) is 0 Å². The van der Waals surface area contributed by atoms with Crippen molar-refractivity contribution in [1.29, 1.82) is 0 Å². The fourth-order valence-corrected chi connectivity index (χ4v) is 3.20. The minimum atomic E-state index is 0.230. The van der Waals surface area contributed by atoms with Crippen molar-refractivity contribution in [2.75, 3.05) is 0 Å². The first-order valence-electron chi connectivity index (χ1n) is 6.77. The molecule has 0 fully saturated rings. The summed E-state index contributed by atoms with van der Waals surface area (Å²) in [6.45, 7) is 4.44. The second kappa shape index (κ2) is 5.25. The van der Waals surface area contributed by atoms with E-state index in [1.54, 1.807) is 11.3 Å². The van der Waals surface area contributed by atoms with Crippen molar-refractivity contribution in [3.05, 3.63) is 57.8 Å². The lowest BCUT2D eigenvalue weighted by molar-refractivity contribution is 0.666. The van der Waals surface area contributed by atoms with Crippen LogP contribution in [0.4, 0.5) is 0 Å². The molecule has 19 heavy (non-hydrogen) atoms. The smallest absolute Gasteiger partial charge is 0.107 e. The Morgan fingerprint density at radius 1 is 1.05 bits per heavy atom. The Hall–Kier alpha value is -1.48. The fraction of sp³-hybridized carbons (Fsp3) is 0.375. The Kier molecular flexibility index (Phi) is 3.47. The number of hydrogen-bond donors (Lipinski definition) is 0. The molecule has 2 unspecified atom stereocenters. The number of hydrogen-bond acceptors (Lipinski definition) is 3. The van der Waals surface area contributed by atoms with E-state index in [4.69, 9.17) is 0 Å². The first-order valence-corrected chi connectivity index (χ1v) is 7.65. The third kappa shape index (κ3) is 2.61. The third-order valence-electron chi connectivity index (χ3n) is 3.65. The van der Waals surface area contributed by atoms with Crippen LogP contribution in [0.5, 0.6) is 0 Å². The average Bonchev–Trinajstić information content (AvgIpc) is 3.10. The van der Waals surface area contributed by atoms with E-state index < -0.39 is 0 Å². The van der Waals surface area contributed by atoms with Crippen LogP contribution in [0, 0.1) is 0 Å². The summed E-state index contributed by atoms with van der Waals surface area (Å²) in [5.74, 6) is 0.582. The van der Waals surface area contributed by atoms with E-state index in [2.05, 4.69) is 65.9 Å². The molecule has 1 aliphatic rings. The van der Waals surface area contributed by atoms with E-state index in [0.29, 0.717) is 5.92 Å². The zero-order valence-corrected chi connectivity index (χ0v) is 12.1. The van der Waals surface area contributed by atoms with Crippen molar-refractivity contribution in [2.24, 2.45) is 10.2 Å². The molecular weight excluding hydrogens is 252 g/mol. The van der Waals surface area contributed by atoms with Crippen LogP contribution in [0.3, 0.4) is 0 Å². The summed E-state index contributed by atoms with van der Waals surface area (Å²) >= 11 is 1.77. The first-order chi connectivity index (χ1) is 9.24. The number of benzene rings is 1. The molecule has 0 amide bonds. The lowest BCUT2D eigenvalue weighted by Gasteiger charge is -2.10. The summed E-state index contributed by atoms with van der Waals surface area (Å²) in [6, 6.07) is 13.6. The molecule has 1 aromatic carbocycles. The van der Waals surface area contributed by atoms with Crippen LogP contribution in [-0.4, -0.2) is 0 Å². The van der Waals surface area contributed by atoms with E-state index in [1.165, 1.54) is 16.0 Å². The topological polar surface area (TPSA) is 24.7 Å². The molecule has 0 bridgehead atoms. The molecule has 0 N–H and O–H groups in total. The highest BCUT2D eigenvalue weighted by molar-refractivity contribution is 7.10. The largest absolute Gasteiger partial charge is 0.185 e. The highest BCUT2D eigenvalue weighted by atomic mass is 32.1. The Balaban J connectivity index is 1.73. The lowest BCUT2D eigenvalue weighted by Crippen LogP contribution is -1.96. The van der Waals surface area contributed by atoms with Crippen LogP contribution in [0.1, 0.15) is 54.3 Å². The summed E-state index contributed by atoms with van der Waals surface area (Å²) in [6.07, 6.45) is 1.00. The summed E-state index contributed by atoms with van der Waals surface area (Å²) < 4.78 is 0. The molecule has 1 aliphatic heterocycles. The lowest BCUT2D eigenvalue weighted by atomic mass is 9.97. The molecule has 0 aliphatic carbocycles. The second-order valence-electron chi connectivity index (χ2n) is 5.34. The molecule has 2 nitrogen and oxygen atoms in total. The normalized spacial score (nSPS) is 22.3. The molecule has 3 rings (SSSR count). The van der Waals surface area contributed by atoms with Crippen LogP contribution in [0.2, 0.25) is 0 Å². The predicted molar refractivity (Wildman–Crippen MR) is 79.8 cm³/mol. The number of azo groups is 1. The van der Waals surface area contributed by atoms with Crippen molar-refractivity contribution in [3.8, 4) is 0 Å². The highest BCUT2D eigenvalue weighted by Gasteiger charge is 2.25. The van der Waals surface area contributed by atoms with Gasteiger partial charge in [-0.3, -0.25) is 0 Å². The van der Waals surface area contributed by atoms with Gasteiger partial charge in [0.05, 0.1) is 6.04 Å². The molecule has 98 valence electrons. The third-order valence-corrected chi connectivity index (χ3v) is 4.63. The monoisotopic (exact) mass is 270 g/mol. The Labute approximate surface area is 118 Å². The number of nitrogens with zero attached hydrogens (tertiary/aromatic N) is 2. The molecule has 3 heteroatoms. The number of thiophene rings is 1. The van der Waals surface area contributed by atoms with Crippen molar-refractivity contribution >= 4 is 11.3 Å². The van der Waals surface area contributed by atoms with Crippen molar-refractivity contribution in [2.45, 2.75) is 38.3 Å². The molecule has 0 spiro atoms. The van der Waals surface area contributed by atoms with Crippen molar-refractivity contribution in [1.82, 2.24) is 0 Å². The zero-order chi connectivity index (χ0) is 13.2. The van der Waals surface area contributed by atoms with Gasteiger partial charge in [-0.25, -0.2) is 0 Å². The van der Waals surface area contributed by atoms with Gasteiger partial charge < -0.3 is 0 Å². The van der Waals surface area contributed by atoms with Gasteiger partial charge >= 0.3 is 0 Å². The molecule has 2 atom stereocenters. The Bertz CT molecular complexity index is 555. The standard InChI is InChI=1S/C16H18N2S/c1-11(2)12-5-7-13(8-6-12)14-10-15(18-17-14)16-4-3-9-19-16/h3-9,11,14-15H,10H2,1-2H3. The van der Waals surface area contributed by atoms with Crippen LogP contribution >= 0.6 is 11.3 Å². The Morgan fingerprint density at radius 2 is 1.79 bits per heavy atom. The quantitative estimate of drug-likeness (QED) is 0.702. The van der Waals surface area contributed by atoms with Gasteiger partial charge in [-0.05, 0) is 28.5 Å². The van der Waals surface area contributed by atoms with Crippen LogP contribution in [0.15, 0.2) is 52.0 Å². The molecule has 0 saturated carbocycles. The van der Waals surface area contributed by atoms with E-state index in [9.17, 15) is 0 Å². The summed E-state index contributed by atoms with van der Waals surface area (Å²) in [5.41, 5.74) is 2.67. The van der Waals surface area contributed by atoms with Gasteiger partial charge in [0.1, 0.15) is 6.04 Å². The van der Waals surface area contributed by atoms with Crippen LogP contribution in [0.25, 0.3) is 0 Å². The van der Waals surface area contributed by atoms with E-state index in [-0.39, 0.29) is 12.1 Å². The van der Waals surface area contributed by atoms with E-state index in [1.807, 2.05) is 0 Å². The van der Waals surface area contributed by atoms with Crippen molar-refractivity contribution in [3.63, 3.8) is 0 Å². The first kappa shape index (κ1) is 12.5. The Morgan fingerprint density at radius 3 is 2.42 bits per heavy atom. The van der Waals surface area contributed by atoms with Crippen molar-refractivity contribution < 1.29 is 0 Å². The van der Waals surface area contributed by atoms with Gasteiger partial charge in [-0.2, -0.15) is 10.2 Å². The molecule has 2 heterocycles. The van der Waals surface area contributed by atoms with Gasteiger partial charge in [0, 0.05) is 11.3 Å². The summed E-state index contributed by atoms with van der Waals surface area (Å²) in [7, 11) is 0. The second-order valence-corrected chi connectivity index (χ2v) is 6.31. The van der Waals surface area contributed by atoms with Gasteiger partial charge in [0.25, 0.3) is 0 Å². The van der Waals surface area contributed by atoms with Gasteiger partial charge in [-0.15, -0.1) is 11.3 Å². The minimum absolute atomic E-state index is 0.230. The molecule has 1 aromatic heterocycles. The zero-order valence-electron chi connectivity index (χ0n) is 11.3. The maximum absolute atomic E-state index is 4.45. The van der Waals surface area contributed by atoms with Gasteiger partial charge in [0.2, 0.25) is 0 Å².